The molecule has 0 fully saturated rings. The summed E-state index contributed by atoms with van der Waals surface area (Å²) >= 11 is 0. The lowest BCUT2D eigenvalue weighted by atomic mass is 10.0. The minimum Gasteiger partial charge on any atom is -0.331 e. The molecule has 23 heavy (non-hydrogen) atoms. The van der Waals surface area contributed by atoms with E-state index < -0.39 is 0 Å². The highest BCUT2D eigenvalue weighted by Crippen LogP contribution is 2.13. The molecule has 2 N–H and O–H groups in total. The molecule has 0 bridgehead atoms. The zero-order valence-corrected chi connectivity index (χ0v) is 16.8. The number of unbranched alkanes of at least 4 members (excludes halogenated alkanes) is 15. The second-order valence-electron chi connectivity index (χ2n) is 8.46. The third-order valence-corrected chi connectivity index (χ3v) is 4.78. The van der Waals surface area contributed by atoms with Gasteiger partial charge in [0.1, 0.15) is 0 Å². The fourth-order valence-corrected chi connectivity index (χ4v) is 3.21. The van der Waals surface area contributed by atoms with Crippen LogP contribution in [0.2, 0.25) is 0 Å². The van der Waals surface area contributed by atoms with Gasteiger partial charge in [-0.1, -0.05) is 83.5 Å². The van der Waals surface area contributed by atoms with Crippen molar-refractivity contribution in [3.8, 4) is 0 Å². The summed E-state index contributed by atoms with van der Waals surface area (Å²) < 4.78 is 1.12. The summed E-state index contributed by atoms with van der Waals surface area (Å²) in [7, 11) is 6.88. The van der Waals surface area contributed by atoms with Crippen LogP contribution in [0.1, 0.15) is 103 Å². The first-order valence-corrected chi connectivity index (χ1v) is 10.6. The lowest BCUT2D eigenvalue weighted by Gasteiger charge is -2.23. The summed E-state index contributed by atoms with van der Waals surface area (Å²) in [5, 5.41) is 0. The molecule has 0 heterocycles. The fourth-order valence-electron chi connectivity index (χ4n) is 3.21. The standard InChI is InChI=1S/C21H47N2/c1-23(2,3)21-19-17-15-13-11-9-7-5-4-6-8-10-12-14-16-18-20-22/h4-22H2,1-3H3/q+1. The van der Waals surface area contributed by atoms with E-state index in [0.717, 1.165) is 11.0 Å². The van der Waals surface area contributed by atoms with Gasteiger partial charge in [0.15, 0.2) is 0 Å². The molecule has 140 valence electrons. The van der Waals surface area contributed by atoms with Crippen LogP contribution in [0.25, 0.3) is 0 Å². The van der Waals surface area contributed by atoms with Crippen molar-refractivity contribution in [2.75, 3.05) is 34.2 Å². The van der Waals surface area contributed by atoms with Gasteiger partial charge in [-0.2, -0.15) is 0 Å². The summed E-state index contributed by atoms with van der Waals surface area (Å²) in [5.74, 6) is 0. The number of hydrogen-bond donors (Lipinski definition) is 1. The Labute approximate surface area is 147 Å². The molecule has 0 aromatic carbocycles. The Kier molecular flexibility index (Phi) is 16.7. The zero-order chi connectivity index (χ0) is 17.2. The Morgan fingerprint density at radius 2 is 0.696 bits per heavy atom. The summed E-state index contributed by atoms with van der Waals surface area (Å²) in [6.45, 7) is 2.20. The van der Waals surface area contributed by atoms with Crippen LogP contribution in [-0.4, -0.2) is 38.7 Å². The topological polar surface area (TPSA) is 26.0 Å². The minimum absolute atomic E-state index is 0.871. The Balaban J connectivity index is 3.00. The molecule has 0 saturated carbocycles. The van der Waals surface area contributed by atoms with Gasteiger partial charge in [0.25, 0.3) is 0 Å². The van der Waals surface area contributed by atoms with Crippen molar-refractivity contribution in [2.24, 2.45) is 5.73 Å². The molecule has 0 aromatic heterocycles. The third kappa shape index (κ3) is 21.9. The summed E-state index contributed by atoms with van der Waals surface area (Å²) in [6, 6.07) is 0. The van der Waals surface area contributed by atoms with Crippen LogP contribution in [0.3, 0.4) is 0 Å². The third-order valence-electron chi connectivity index (χ3n) is 4.78. The Hall–Kier alpha value is -0.0800. The van der Waals surface area contributed by atoms with Crippen molar-refractivity contribution in [3.63, 3.8) is 0 Å². The largest absolute Gasteiger partial charge is 0.331 e. The molecule has 0 atom stereocenters. The monoisotopic (exact) mass is 327 g/mol. The first kappa shape index (κ1) is 22.9. The van der Waals surface area contributed by atoms with Crippen LogP contribution in [0, 0.1) is 0 Å². The molecular formula is C21H47N2+. The summed E-state index contributed by atoms with van der Waals surface area (Å²) in [4.78, 5) is 0. The number of nitrogens with zero attached hydrogens (tertiary/aromatic N) is 1. The van der Waals surface area contributed by atoms with Gasteiger partial charge in [0.05, 0.1) is 27.7 Å². The number of hydrogen-bond acceptors (Lipinski definition) is 1. The molecule has 0 radical (unpaired) electrons. The molecule has 0 rings (SSSR count). The van der Waals surface area contributed by atoms with Gasteiger partial charge >= 0.3 is 0 Å². The van der Waals surface area contributed by atoms with Gasteiger partial charge in [-0.15, -0.1) is 0 Å². The highest BCUT2D eigenvalue weighted by atomic mass is 15.3. The van der Waals surface area contributed by atoms with Crippen molar-refractivity contribution in [1.82, 2.24) is 0 Å². The fraction of sp³-hybridized carbons (Fsp3) is 1.00. The van der Waals surface area contributed by atoms with E-state index in [-0.39, 0.29) is 0 Å². The maximum absolute atomic E-state index is 5.50. The predicted octanol–water partition coefficient (Wildman–Crippen LogP) is 5.89. The Morgan fingerprint density at radius 1 is 0.435 bits per heavy atom. The Morgan fingerprint density at radius 3 is 0.957 bits per heavy atom. The van der Waals surface area contributed by atoms with Crippen LogP contribution < -0.4 is 5.73 Å². The quantitative estimate of drug-likeness (QED) is 0.246. The molecule has 2 heteroatoms. The van der Waals surface area contributed by atoms with Gasteiger partial charge in [0.2, 0.25) is 0 Å². The van der Waals surface area contributed by atoms with E-state index in [1.165, 1.54) is 109 Å². The average Bonchev–Trinajstić information content (AvgIpc) is 2.49. The Bertz CT molecular complexity index is 220. The lowest BCUT2D eigenvalue weighted by Crippen LogP contribution is -2.35. The molecule has 0 spiro atoms. The second kappa shape index (κ2) is 16.8. The van der Waals surface area contributed by atoms with Gasteiger partial charge in [0, 0.05) is 0 Å². The van der Waals surface area contributed by atoms with Crippen molar-refractivity contribution in [1.29, 1.82) is 0 Å². The first-order valence-electron chi connectivity index (χ1n) is 10.6. The molecular weight excluding hydrogens is 280 g/mol. The highest BCUT2D eigenvalue weighted by molar-refractivity contribution is 4.50. The number of nitrogens with two attached hydrogens (primary N) is 1. The van der Waals surface area contributed by atoms with E-state index in [1.54, 1.807) is 0 Å². The van der Waals surface area contributed by atoms with Crippen molar-refractivity contribution in [2.45, 2.75) is 103 Å². The molecule has 0 saturated heterocycles. The first-order chi connectivity index (χ1) is 11.1. The zero-order valence-electron chi connectivity index (χ0n) is 16.8. The van der Waals surface area contributed by atoms with Crippen molar-refractivity contribution in [3.05, 3.63) is 0 Å². The number of quaternary nitrogens is 1. The van der Waals surface area contributed by atoms with Gasteiger partial charge < -0.3 is 10.2 Å². The average molecular weight is 328 g/mol. The van der Waals surface area contributed by atoms with Gasteiger partial charge in [-0.05, 0) is 25.8 Å². The number of rotatable bonds is 18. The van der Waals surface area contributed by atoms with Crippen LogP contribution >= 0.6 is 0 Å². The minimum atomic E-state index is 0.871. The summed E-state index contributed by atoms with van der Waals surface area (Å²) in [6.07, 6.45) is 22.8. The maximum Gasteiger partial charge on any atom is 0.0780 e. The second-order valence-corrected chi connectivity index (χ2v) is 8.46. The van der Waals surface area contributed by atoms with E-state index in [2.05, 4.69) is 21.1 Å². The SMILES string of the molecule is C[N+](C)(C)CCCCCCCCCCCCCCCCCCN. The van der Waals surface area contributed by atoms with Gasteiger partial charge in [-0.25, -0.2) is 0 Å². The molecule has 0 aromatic rings. The van der Waals surface area contributed by atoms with E-state index >= 15 is 0 Å². The maximum atomic E-state index is 5.50. The molecule has 0 aliphatic heterocycles. The van der Waals surface area contributed by atoms with E-state index in [4.69, 9.17) is 5.73 Å². The highest BCUT2D eigenvalue weighted by Gasteiger charge is 2.04. The summed E-state index contributed by atoms with van der Waals surface area (Å²) in [5.41, 5.74) is 5.50. The van der Waals surface area contributed by atoms with E-state index in [0.29, 0.717) is 0 Å². The van der Waals surface area contributed by atoms with Gasteiger partial charge in [-0.3, -0.25) is 0 Å². The molecule has 2 nitrogen and oxygen atoms in total. The molecule has 0 amide bonds. The van der Waals surface area contributed by atoms with Crippen molar-refractivity contribution < 1.29 is 4.48 Å². The molecule has 0 aliphatic carbocycles. The lowest BCUT2D eigenvalue weighted by molar-refractivity contribution is -0.870. The van der Waals surface area contributed by atoms with Crippen molar-refractivity contribution >= 4 is 0 Å². The molecule has 0 aliphatic rings. The van der Waals surface area contributed by atoms with Crippen LogP contribution in [0.15, 0.2) is 0 Å². The van der Waals surface area contributed by atoms with E-state index in [9.17, 15) is 0 Å². The predicted molar refractivity (Wildman–Crippen MR) is 106 cm³/mol. The van der Waals surface area contributed by atoms with Crippen LogP contribution in [0.4, 0.5) is 0 Å². The van der Waals surface area contributed by atoms with E-state index in [1.807, 2.05) is 0 Å². The molecule has 0 unspecified atom stereocenters. The van der Waals surface area contributed by atoms with Crippen LogP contribution in [-0.2, 0) is 0 Å². The normalized spacial score (nSPS) is 12.0. The smallest absolute Gasteiger partial charge is 0.0780 e. The van der Waals surface area contributed by atoms with Crippen LogP contribution in [0.5, 0.6) is 0 Å².